The van der Waals surface area contributed by atoms with E-state index in [1.54, 1.807) is 0 Å². The van der Waals surface area contributed by atoms with Crippen molar-refractivity contribution in [3.05, 3.63) is 59.9 Å². The van der Waals surface area contributed by atoms with Crippen LogP contribution < -0.4 is 15.1 Å². The molecule has 2 atom stereocenters. The molecule has 29 heavy (non-hydrogen) atoms. The summed E-state index contributed by atoms with van der Waals surface area (Å²) in [6, 6.07) is 15.2. The van der Waals surface area contributed by atoms with E-state index in [2.05, 4.69) is 44.3 Å². The topological polar surface area (TPSA) is 38.8 Å². The van der Waals surface area contributed by atoms with Crippen molar-refractivity contribution >= 4 is 17.3 Å². The summed E-state index contributed by atoms with van der Waals surface area (Å²) < 4.78 is 13.3. The Bertz CT molecular complexity index is 854. The SMILES string of the molecule is CN(C)CCNC(=O)C1Cc2ccccc2N2CCN(c3ccc(F)cc3)CC12. The zero-order valence-electron chi connectivity index (χ0n) is 17.1. The van der Waals surface area contributed by atoms with E-state index >= 15 is 0 Å². The number of piperazine rings is 1. The van der Waals surface area contributed by atoms with Crippen molar-refractivity contribution in [3.63, 3.8) is 0 Å². The van der Waals surface area contributed by atoms with Crippen molar-refractivity contribution in [1.82, 2.24) is 10.2 Å². The third-order valence-electron chi connectivity index (χ3n) is 6.01. The molecule has 0 aromatic heterocycles. The third kappa shape index (κ3) is 4.22. The molecule has 1 saturated heterocycles. The molecule has 2 aliphatic heterocycles. The molecule has 0 bridgehead atoms. The quantitative estimate of drug-likeness (QED) is 0.842. The number of nitrogens with one attached hydrogen (secondary N) is 1. The lowest BCUT2D eigenvalue weighted by atomic mass is 9.83. The van der Waals surface area contributed by atoms with Crippen LogP contribution >= 0.6 is 0 Å². The van der Waals surface area contributed by atoms with E-state index in [1.807, 2.05) is 26.2 Å². The number of para-hydroxylation sites is 1. The lowest BCUT2D eigenvalue weighted by Gasteiger charge is -2.49. The molecule has 2 aromatic carbocycles. The molecule has 1 N–H and O–H groups in total. The van der Waals surface area contributed by atoms with Crippen molar-refractivity contribution in [2.24, 2.45) is 5.92 Å². The van der Waals surface area contributed by atoms with Gasteiger partial charge < -0.3 is 20.0 Å². The summed E-state index contributed by atoms with van der Waals surface area (Å²) in [5.41, 5.74) is 3.50. The minimum Gasteiger partial charge on any atom is -0.368 e. The zero-order chi connectivity index (χ0) is 20.4. The molecule has 0 spiro atoms. The number of benzene rings is 2. The summed E-state index contributed by atoms with van der Waals surface area (Å²) in [6.07, 6.45) is 0.752. The number of carbonyl (C=O) groups is 1. The van der Waals surface area contributed by atoms with Crippen LogP contribution in [0.1, 0.15) is 5.56 Å². The molecule has 154 valence electrons. The van der Waals surface area contributed by atoms with E-state index in [1.165, 1.54) is 23.4 Å². The molecule has 0 radical (unpaired) electrons. The van der Waals surface area contributed by atoms with Crippen LogP contribution in [0.5, 0.6) is 0 Å². The largest absolute Gasteiger partial charge is 0.368 e. The Morgan fingerprint density at radius 2 is 1.90 bits per heavy atom. The van der Waals surface area contributed by atoms with Crippen LogP contribution in [0.4, 0.5) is 15.8 Å². The highest BCUT2D eigenvalue weighted by Crippen LogP contribution is 2.36. The van der Waals surface area contributed by atoms with Gasteiger partial charge in [-0.3, -0.25) is 4.79 Å². The number of amides is 1. The van der Waals surface area contributed by atoms with Gasteiger partial charge in [0.2, 0.25) is 5.91 Å². The molecular formula is C23H29FN4O. The summed E-state index contributed by atoms with van der Waals surface area (Å²) in [5, 5.41) is 3.13. The van der Waals surface area contributed by atoms with E-state index < -0.39 is 0 Å². The second kappa shape index (κ2) is 8.41. The smallest absolute Gasteiger partial charge is 0.225 e. The fourth-order valence-electron chi connectivity index (χ4n) is 4.48. The lowest BCUT2D eigenvalue weighted by molar-refractivity contribution is -0.125. The van der Waals surface area contributed by atoms with Crippen molar-refractivity contribution in [3.8, 4) is 0 Å². The van der Waals surface area contributed by atoms with Crippen molar-refractivity contribution < 1.29 is 9.18 Å². The van der Waals surface area contributed by atoms with Crippen LogP contribution in [0, 0.1) is 11.7 Å². The van der Waals surface area contributed by atoms with Gasteiger partial charge in [-0.2, -0.15) is 0 Å². The maximum Gasteiger partial charge on any atom is 0.225 e. The standard InChI is InChI=1S/C23H29FN4O/c1-26(2)12-11-25-23(29)20-15-17-5-3-4-6-21(17)28-14-13-27(16-22(20)28)19-9-7-18(24)8-10-19/h3-10,20,22H,11-16H2,1-2H3,(H,25,29). The third-order valence-corrected chi connectivity index (χ3v) is 6.01. The van der Waals surface area contributed by atoms with Gasteiger partial charge in [-0.05, 0) is 56.4 Å². The minimum absolute atomic E-state index is 0.100. The Kier molecular flexibility index (Phi) is 5.72. The van der Waals surface area contributed by atoms with E-state index in [0.717, 1.165) is 38.3 Å². The molecule has 1 amide bonds. The van der Waals surface area contributed by atoms with Gasteiger partial charge >= 0.3 is 0 Å². The van der Waals surface area contributed by atoms with Gasteiger partial charge in [0.15, 0.2) is 0 Å². The van der Waals surface area contributed by atoms with Gasteiger partial charge in [0, 0.05) is 44.1 Å². The molecule has 0 aliphatic carbocycles. The fourth-order valence-corrected chi connectivity index (χ4v) is 4.48. The summed E-state index contributed by atoms with van der Waals surface area (Å²) in [5.74, 6) is -0.204. The molecular weight excluding hydrogens is 367 g/mol. The number of hydrogen-bond acceptors (Lipinski definition) is 4. The first-order valence-electron chi connectivity index (χ1n) is 10.3. The predicted molar refractivity (Wildman–Crippen MR) is 115 cm³/mol. The molecule has 2 aromatic rings. The number of rotatable bonds is 5. The first kappa shape index (κ1) is 19.7. The van der Waals surface area contributed by atoms with Crippen molar-refractivity contribution in [2.75, 3.05) is 56.6 Å². The van der Waals surface area contributed by atoms with Crippen molar-refractivity contribution in [1.29, 1.82) is 0 Å². The maximum absolute atomic E-state index is 13.3. The molecule has 1 fully saturated rings. The fraction of sp³-hybridized carbons (Fsp3) is 0.435. The summed E-state index contributed by atoms with van der Waals surface area (Å²) in [4.78, 5) is 19.8. The Hall–Kier alpha value is -2.60. The van der Waals surface area contributed by atoms with Gasteiger partial charge in [0.05, 0.1) is 12.0 Å². The summed E-state index contributed by atoms with van der Waals surface area (Å²) in [7, 11) is 4.01. The molecule has 2 unspecified atom stereocenters. The Balaban J connectivity index is 1.57. The molecule has 2 aliphatic rings. The number of fused-ring (bicyclic) bond motifs is 3. The highest BCUT2D eigenvalue weighted by molar-refractivity contribution is 5.82. The second-order valence-electron chi connectivity index (χ2n) is 8.22. The Morgan fingerprint density at radius 1 is 1.14 bits per heavy atom. The molecule has 4 rings (SSSR count). The number of nitrogens with zero attached hydrogens (tertiary/aromatic N) is 3. The highest BCUT2D eigenvalue weighted by Gasteiger charge is 2.41. The van der Waals surface area contributed by atoms with E-state index in [-0.39, 0.29) is 23.7 Å². The van der Waals surface area contributed by atoms with E-state index in [9.17, 15) is 9.18 Å². The number of likely N-dealkylation sites (N-methyl/N-ethyl adjacent to an activating group) is 1. The number of hydrogen-bond donors (Lipinski definition) is 1. The molecule has 6 heteroatoms. The van der Waals surface area contributed by atoms with Crippen LogP contribution in [0.25, 0.3) is 0 Å². The molecule has 2 heterocycles. The first-order chi connectivity index (χ1) is 14.0. The van der Waals surface area contributed by atoms with E-state index in [4.69, 9.17) is 0 Å². The molecule has 5 nitrogen and oxygen atoms in total. The van der Waals surface area contributed by atoms with Crippen LogP contribution in [0.3, 0.4) is 0 Å². The average molecular weight is 397 g/mol. The van der Waals surface area contributed by atoms with Crippen LogP contribution in [0.15, 0.2) is 48.5 Å². The van der Waals surface area contributed by atoms with Crippen LogP contribution in [0.2, 0.25) is 0 Å². The monoisotopic (exact) mass is 396 g/mol. The lowest BCUT2D eigenvalue weighted by Crippen LogP contribution is -2.61. The number of halogens is 1. The van der Waals surface area contributed by atoms with Gasteiger partial charge in [0.25, 0.3) is 0 Å². The van der Waals surface area contributed by atoms with Crippen molar-refractivity contribution in [2.45, 2.75) is 12.5 Å². The first-order valence-corrected chi connectivity index (χ1v) is 10.3. The summed E-state index contributed by atoms with van der Waals surface area (Å²) >= 11 is 0. The average Bonchev–Trinajstić information content (AvgIpc) is 2.73. The second-order valence-corrected chi connectivity index (χ2v) is 8.22. The zero-order valence-corrected chi connectivity index (χ0v) is 17.1. The minimum atomic E-state index is -0.225. The molecule has 0 saturated carbocycles. The maximum atomic E-state index is 13.3. The van der Waals surface area contributed by atoms with Crippen LogP contribution in [-0.4, -0.2) is 63.7 Å². The van der Waals surface area contributed by atoms with Gasteiger partial charge in [-0.25, -0.2) is 4.39 Å². The van der Waals surface area contributed by atoms with Gasteiger partial charge in [-0.1, -0.05) is 18.2 Å². The predicted octanol–water partition coefficient (Wildman–Crippen LogP) is 2.37. The highest BCUT2D eigenvalue weighted by atomic mass is 19.1. The van der Waals surface area contributed by atoms with Gasteiger partial charge in [-0.15, -0.1) is 0 Å². The van der Waals surface area contributed by atoms with Gasteiger partial charge in [0.1, 0.15) is 5.82 Å². The Morgan fingerprint density at radius 3 is 2.66 bits per heavy atom. The normalized spacial score (nSPS) is 21.0. The Labute approximate surface area is 172 Å². The van der Waals surface area contributed by atoms with E-state index in [0.29, 0.717) is 6.54 Å². The van der Waals surface area contributed by atoms with Crippen LogP contribution in [-0.2, 0) is 11.2 Å². The summed E-state index contributed by atoms with van der Waals surface area (Å²) in [6.45, 7) is 3.93. The number of carbonyl (C=O) groups excluding carboxylic acids is 1. The number of anilines is 2.